The summed E-state index contributed by atoms with van der Waals surface area (Å²) in [4.78, 5) is 14.3. The lowest BCUT2D eigenvalue weighted by molar-refractivity contribution is -0.117. The molecule has 120 valence electrons. The fourth-order valence-electron chi connectivity index (χ4n) is 2.47. The molecule has 0 spiro atoms. The molecule has 0 atom stereocenters. The third-order valence-corrected chi connectivity index (χ3v) is 3.74. The highest BCUT2D eigenvalue weighted by Gasteiger charge is 2.22. The zero-order chi connectivity index (χ0) is 15.9. The summed E-state index contributed by atoms with van der Waals surface area (Å²) in [5.41, 5.74) is 13.9. The second-order valence-corrected chi connectivity index (χ2v) is 5.36. The zero-order valence-electron chi connectivity index (χ0n) is 13.0. The van der Waals surface area contributed by atoms with E-state index < -0.39 is 0 Å². The van der Waals surface area contributed by atoms with E-state index in [2.05, 4.69) is 10.2 Å². The number of carbonyl (C=O) groups excluding carboxylic acids is 1. The molecule has 0 saturated heterocycles. The molecule has 1 aromatic carbocycles. The number of amides is 1. The topological polar surface area (TPSA) is 93.6 Å². The van der Waals surface area contributed by atoms with Crippen LogP contribution in [-0.2, 0) is 11.3 Å². The van der Waals surface area contributed by atoms with Crippen molar-refractivity contribution in [2.75, 3.05) is 33.3 Å². The van der Waals surface area contributed by atoms with Crippen molar-refractivity contribution in [1.29, 1.82) is 0 Å². The van der Waals surface area contributed by atoms with Crippen LogP contribution in [0.1, 0.15) is 12.0 Å². The quantitative estimate of drug-likeness (QED) is 0.697. The minimum Gasteiger partial charge on any atom is -0.497 e. The number of carbonyl (C=O) groups is 1. The van der Waals surface area contributed by atoms with Gasteiger partial charge in [0.1, 0.15) is 5.75 Å². The molecule has 6 heteroatoms. The number of nitrogens with two attached hydrogens (primary N) is 2. The molecule has 0 fully saturated rings. The van der Waals surface area contributed by atoms with Gasteiger partial charge in [-0.15, -0.1) is 0 Å². The van der Waals surface area contributed by atoms with Crippen molar-refractivity contribution < 1.29 is 9.53 Å². The van der Waals surface area contributed by atoms with E-state index in [9.17, 15) is 4.79 Å². The first-order chi connectivity index (χ1) is 10.6. The number of rotatable bonds is 6. The summed E-state index contributed by atoms with van der Waals surface area (Å²) >= 11 is 0. The van der Waals surface area contributed by atoms with Gasteiger partial charge < -0.3 is 21.5 Å². The van der Waals surface area contributed by atoms with Crippen molar-refractivity contribution >= 4 is 5.91 Å². The Morgan fingerprint density at radius 3 is 2.73 bits per heavy atom. The molecule has 0 aromatic heterocycles. The van der Waals surface area contributed by atoms with Gasteiger partial charge in [-0.1, -0.05) is 12.1 Å². The minimum absolute atomic E-state index is 0.109. The molecule has 1 aliphatic rings. The van der Waals surface area contributed by atoms with E-state index in [1.54, 1.807) is 7.11 Å². The summed E-state index contributed by atoms with van der Waals surface area (Å²) in [5, 5.41) is 2.79. The number of ether oxygens (including phenoxy) is 1. The number of nitrogens with zero attached hydrogens (tertiary/aromatic N) is 1. The number of hydrogen-bond donors (Lipinski definition) is 3. The first-order valence-electron chi connectivity index (χ1n) is 7.45. The molecule has 6 nitrogen and oxygen atoms in total. The van der Waals surface area contributed by atoms with Gasteiger partial charge >= 0.3 is 0 Å². The summed E-state index contributed by atoms with van der Waals surface area (Å²) in [6.45, 7) is 3.09. The summed E-state index contributed by atoms with van der Waals surface area (Å²) < 4.78 is 5.16. The van der Waals surface area contributed by atoms with Crippen molar-refractivity contribution in [2.24, 2.45) is 11.5 Å². The molecular weight excluding hydrogens is 280 g/mol. The number of hydrogen-bond acceptors (Lipinski definition) is 5. The SMILES string of the molecule is COc1ccc(CN2CCC(N)=C(C(=O)NCCN)C2)cc1. The molecule has 1 aliphatic heterocycles. The van der Waals surface area contributed by atoms with E-state index >= 15 is 0 Å². The molecule has 22 heavy (non-hydrogen) atoms. The number of benzene rings is 1. The Bertz CT molecular complexity index is 540. The largest absolute Gasteiger partial charge is 0.497 e. The van der Waals surface area contributed by atoms with Gasteiger partial charge in [0.05, 0.1) is 7.11 Å². The van der Waals surface area contributed by atoms with Crippen LogP contribution < -0.4 is 21.5 Å². The normalized spacial score (nSPS) is 15.7. The van der Waals surface area contributed by atoms with Gasteiger partial charge in [0.25, 0.3) is 0 Å². The van der Waals surface area contributed by atoms with Crippen LogP contribution in [0.5, 0.6) is 5.75 Å². The molecule has 5 N–H and O–H groups in total. The average Bonchev–Trinajstić information content (AvgIpc) is 2.55. The monoisotopic (exact) mass is 304 g/mol. The molecular formula is C16H24N4O2. The lowest BCUT2D eigenvalue weighted by Gasteiger charge is -2.29. The Labute approximate surface area is 131 Å². The van der Waals surface area contributed by atoms with E-state index in [-0.39, 0.29) is 5.91 Å². The van der Waals surface area contributed by atoms with Crippen LogP contribution in [0.15, 0.2) is 35.5 Å². The van der Waals surface area contributed by atoms with E-state index in [1.807, 2.05) is 24.3 Å². The minimum atomic E-state index is -0.109. The smallest absolute Gasteiger partial charge is 0.250 e. The fraction of sp³-hybridized carbons (Fsp3) is 0.438. The number of nitrogens with one attached hydrogen (secondary N) is 1. The predicted octanol–water partition coefficient (Wildman–Crippen LogP) is 0.189. The summed E-state index contributed by atoms with van der Waals surface area (Å²) in [6.07, 6.45) is 0.710. The van der Waals surface area contributed by atoms with Crippen molar-refractivity contribution in [1.82, 2.24) is 10.2 Å². The lowest BCUT2D eigenvalue weighted by Crippen LogP contribution is -2.40. The zero-order valence-corrected chi connectivity index (χ0v) is 13.0. The van der Waals surface area contributed by atoms with Gasteiger partial charge in [-0.2, -0.15) is 0 Å². The van der Waals surface area contributed by atoms with E-state index in [1.165, 1.54) is 5.56 Å². The Kier molecular flexibility index (Phi) is 5.80. The van der Waals surface area contributed by atoms with Crippen molar-refractivity contribution in [3.8, 4) is 5.75 Å². The second-order valence-electron chi connectivity index (χ2n) is 5.36. The van der Waals surface area contributed by atoms with Crippen LogP contribution in [0.2, 0.25) is 0 Å². The molecule has 1 heterocycles. The molecule has 0 aliphatic carbocycles. The van der Waals surface area contributed by atoms with Crippen LogP contribution in [0.25, 0.3) is 0 Å². The average molecular weight is 304 g/mol. The molecule has 0 saturated carbocycles. The fourth-order valence-corrected chi connectivity index (χ4v) is 2.47. The molecule has 0 radical (unpaired) electrons. The maximum absolute atomic E-state index is 12.1. The van der Waals surface area contributed by atoms with Crippen molar-refractivity contribution in [3.05, 3.63) is 41.1 Å². The molecule has 1 amide bonds. The van der Waals surface area contributed by atoms with Crippen LogP contribution >= 0.6 is 0 Å². The highest BCUT2D eigenvalue weighted by atomic mass is 16.5. The number of methoxy groups -OCH3 is 1. The second kappa shape index (κ2) is 7.82. The highest BCUT2D eigenvalue weighted by molar-refractivity contribution is 5.94. The summed E-state index contributed by atoms with van der Waals surface area (Å²) in [6, 6.07) is 7.96. The van der Waals surface area contributed by atoms with Gasteiger partial charge in [-0.3, -0.25) is 9.69 Å². The summed E-state index contributed by atoms with van der Waals surface area (Å²) in [7, 11) is 1.65. The molecule has 2 rings (SSSR count). The third kappa shape index (κ3) is 4.22. The van der Waals surface area contributed by atoms with Crippen molar-refractivity contribution in [3.63, 3.8) is 0 Å². The third-order valence-electron chi connectivity index (χ3n) is 3.74. The maximum Gasteiger partial charge on any atom is 0.250 e. The Balaban J connectivity index is 1.98. The van der Waals surface area contributed by atoms with Gasteiger partial charge in [-0.05, 0) is 17.7 Å². The summed E-state index contributed by atoms with van der Waals surface area (Å²) in [5.74, 6) is 0.732. The van der Waals surface area contributed by atoms with Crippen LogP contribution in [0, 0.1) is 0 Å². The predicted molar refractivity (Wildman–Crippen MR) is 86.2 cm³/mol. The molecule has 1 aromatic rings. The first kappa shape index (κ1) is 16.3. The van der Waals surface area contributed by atoms with Gasteiger partial charge in [0, 0.05) is 50.4 Å². The van der Waals surface area contributed by atoms with Gasteiger partial charge in [0.15, 0.2) is 0 Å². The van der Waals surface area contributed by atoms with Crippen LogP contribution in [0.4, 0.5) is 0 Å². The van der Waals surface area contributed by atoms with E-state index in [4.69, 9.17) is 16.2 Å². The van der Waals surface area contributed by atoms with E-state index in [0.29, 0.717) is 37.3 Å². The maximum atomic E-state index is 12.1. The van der Waals surface area contributed by atoms with Crippen LogP contribution in [0.3, 0.4) is 0 Å². The van der Waals surface area contributed by atoms with Crippen LogP contribution in [-0.4, -0.2) is 44.1 Å². The highest BCUT2D eigenvalue weighted by Crippen LogP contribution is 2.18. The van der Waals surface area contributed by atoms with Gasteiger partial charge in [-0.25, -0.2) is 0 Å². The Morgan fingerprint density at radius 2 is 2.09 bits per heavy atom. The standard InChI is InChI=1S/C16H24N4O2/c1-22-13-4-2-12(3-5-13)10-20-9-6-15(18)14(11-20)16(21)19-8-7-17/h2-5H,6-11,17-18H2,1H3,(H,19,21). The van der Waals surface area contributed by atoms with Gasteiger partial charge in [0.2, 0.25) is 5.91 Å². The lowest BCUT2D eigenvalue weighted by atomic mass is 10.0. The molecule has 0 bridgehead atoms. The first-order valence-corrected chi connectivity index (χ1v) is 7.45. The Hall–Kier alpha value is -2.05. The van der Waals surface area contributed by atoms with E-state index in [0.717, 1.165) is 18.8 Å². The molecule has 0 unspecified atom stereocenters. The Morgan fingerprint density at radius 1 is 1.36 bits per heavy atom. The van der Waals surface area contributed by atoms with Crippen molar-refractivity contribution in [2.45, 2.75) is 13.0 Å².